The van der Waals surface area contributed by atoms with Crippen molar-refractivity contribution in [1.29, 1.82) is 0 Å². The fourth-order valence-electron chi connectivity index (χ4n) is 2.09. The Hall–Kier alpha value is -0.395. The van der Waals surface area contributed by atoms with Crippen LogP contribution in [0, 0.1) is 11.3 Å². The Balaban J connectivity index is 3.85. The van der Waals surface area contributed by atoms with Crippen molar-refractivity contribution in [2.45, 2.75) is 53.3 Å². The Labute approximate surface area is 97.1 Å². The third kappa shape index (κ3) is 5.91. The van der Waals surface area contributed by atoms with Gasteiger partial charge >= 0.3 is 0 Å². The molecule has 0 saturated heterocycles. The van der Waals surface area contributed by atoms with Gasteiger partial charge in [0.2, 0.25) is 0 Å². The van der Waals surface area contributed by atoms with Gasteiger partial charge in [0.1, 0.15) is 7.85 Å². The molecule has 0 aliphatic rings. The van der Waals surface area contributed by atoms with E-state index in [1.165, 1.54) is 25.6 Å². The van der Waals surface area contributed by atoms with Gasteiger partial charge in [-0.2, -0.15) is 0 Å². The van der Waals surface area contributed by atoms with Crippen LogP contribution in [0.3, 0.4) is 0 Å². The highest BCUT2D eigenvalue weighted by atomic mass is 14.9. The summed E-state index contributed by atoms with van der Waals surface area (Å²) in [4.78, 5) is 0. The molecule has 1 nitrogen and oxygen atoms in total. The highest BCUT2D eigenvalue weighted by Gasteiger charge is 2.25. The van der Waals surface area contributed by atoms with Crippen LogP contribution in [-0.4, -0.2) is 14.4 Å². The Morgan fingerprint density at radius 1 is 1.47 bits per heavy atom. The van der Waals surface area contributed by atoms with Crippen molar-refractivity contribution < 1.29 is 0 Å². The minimum Gasteiger partial charge on any atom is -0.389 e. The van der Waals surface area contributed by atoms with Gasteiger partial charge in [0, 0.05) is 12.2 Å². The molecule has 0 aromatic heterocycles. The molecule has 0 amide bonds. The summed E-state index contributed by atoms with van der Waals surface area (Å²) >= 11 is 0. The molecule has 1 unspecified atom stereocenters. The van der Waals surface area contributed by atoms with Gasteiger partial charge in [-0.15, -0.1) is 0 Å². The summed E-state index contributed by atoms with van der Waals surface area (Å²) in [5.41, 5.74) is 1.58. The van der Waals surface area contributed by atoms with Gasteiger partial charge in [0.05, 0.1) is 0 Å². The van der Waals surface area contributed by atoms with Gasteiger partial charge in [-0.3, -0.25) is 0 Å². The summed E-state index contributed by atoms with van der Waals surface area (Å²) in [5.74, 6) is 0.856. The summed E-state index contributed by atoms with van der Waals surface area (Å²) in [6.45, 7) is 14.0. The number of rotatable bonds is 8. The molecule has 0 saturated carbocycles. The van der Waals surface area contributed by atoms with Crippen LogP contribution in [-0.2, 0) is 0 Å². The zero-order valence-corrected chi connectivity index (χ0v) is 11.3. The van der Waals surface area contributed by atoms with Crippen molar-refractivity contribution in [2.75, 3.05) is 6.54 Å². The Bertz CT molecular complexity index is 187. The first-order valence-corrected chi connectivity index (χ1v) is 6.33. The predicted molar refractivity (Wildman–Crippen MR) is 73.0 cm³/mol. The molecule has 88 valence electrons. The molecule has 0 fully saturated rings. The standard InChI is InChI=1S/C13H28BN/c1-6-13(4,5)12(10-14)8-7-9-15-11(2)3/h12,15H,2,6-10,14H2,1,3-5H3. The van der Waals surface area contributed by atoms with E-state index in [9.17, 15) is 0 Å². The minimum atomic E-state index is 0.498. The lowest BCUT2D eigenvalue weighted by Crippen LogP contribution is -2.24. The van der Waals surface area contributed by atoms with Gasteiger partial charge in [0.25, 0.3) is 0 Å². The smallest absolute Gasteiger partial charge is 0.101 e. The Morgan fingerprint density at radius 3 is 2.47 bits per heavy atom. The first-order valence-electron chi connectivity index (χ1n) is 6.33. The van der Waals surface area contributed by atoms with Crippen LogP contribution in [0.4, 0.5) is 0 Å². The topological polar surface area (TPSA) is 12.0 Å². The lowest BCUT2D eigenvalue weighted by atomic mass is 9.69. The average Bonchev–Trinajstić information content (AvgIpc) is 2.17. The van der Waals surface area contributed by atoms with Crippen LogP contribution in [0.1, 0.15) is 47.0 Å². The molecule has 0 aromatic rings. The van der Waals surface area contributed by atoms with Gasteiger partial charge < -0.3 is 5.32 Å². The van der Waals surface area contributed by atoms with E-state index < -0.39 is 0 Å². The maximum Gasteiger partial charge on any atom is 0.101 e. The molecular weight excluding hydrogens is 181 g/mol. The van der Waals surface area contributed by atoms with Gasteiger partial charge in [-0.25, -0.2) is 0 Å². The number of allylic oxidation sites excluding steroid dienone is 1. The molecule has 0 rings (SSSR count). The molecule has 0 aromatic carbocycles. The van der Waals surface area contributed by atoms with Crippen molar-refractivity contribution >= 4 is 7.85 Å². The lowest BCUT2D eigenvalue weighted by Gasteiger charge is -2.33. The normalized spacial score (nSPS) is 13.6. The van der Waals surface area contributed by atoms with Gasteiger partial charge in [-0.1, -0.05) is 40.1 Å². The number of hydrogen-bond donors (Lipinski definition) is 1. The highest BCUT2D eigenvalue weighted by molar-refractivity contribution is 6.08. The van der Waals surface area contributed by atoms with Crippen LogP contribution in [0.15, 0.2) is 12.3 Å². The Morgan fingerprint density at radius 2 is 2.07 bits per heavy atom. The van der Waals surface area contributed by atoms with Crippen LogP contribution in [0.5, 0.6) is 0 Å². The van der Waals surface area contributed by atoms with E-state index in [-0.39, 0.29) is 0 Å². The molecule has 1 N–H and O–H groups in total. The van der Waals surface area contributed by atoms with Crippen LogP contribution in [0.2, 0.25) is 6.32 Å². The monoisotopic (exact) mass is 209 g/mol. The van der Waals surface area contributed by atoms with Crippen molar-refractivity contribution in [3.63, 3.8) is 0 Å². The van der Waals surface area contributed by atoms with Crippen LogP contribution in [0.25, 0.3) is 0 Å². The van der Waals surface area contributed by atoms with E-state index in [2.05, 4.69) is 40.5 Å². The summed E-state index contributed by atoms with van der Waals surface area (Å²) in [6.07, 6.45) is 5.17. The molecule has 15 heavy (non-hydrogen) atoms. The van der Waals surface area contributed by atoms with E-state index in [0.717, 1.165) is 18.2 Å². The summed E-state index contributed by atoms with van der Waals surface area (Å²) in [7, 11) is 2.31. The fraction of sp³-hybridized carbons (Fsp3) is 0.846. The molecule has 0 radical (unpaired) electrons. The largest absolute Gasteiger partial charge is 0.389 e. The maximum atomic E-state index is 3.85. The first-order chi connectivity index (χ1) is 6.94. The van der Waals surface area contributed by atoms with Gasteiger partial charge in [-0.05, 0) is 31.1 Å². The summed E-state index contributed by atoms with van der Waals surface area (Å²) in [6, 6.07) is 0. The minimum absolute atomic E-state index is 0.498. The first kappa shape index (κ1) is 14.6. The maximum absolute atomic E-state index is 3.85. The molecule has 0 heterocycles. The van der Waals surface area contributed by atoms with E-state index >= 15 is 0 Å². The van der Waals surface area contributed by atoms with E-state index in [1.807, 2.05) is 6.92 Å². The average molecular weight is 209 g/mol. The number of hydrogen-bond acceptors (Lipinski definition) is 1. The molecular formula is C13H28BN. The second-order valence-corrected chi connectivity index (χ2v) is 5.30. The van der Waals surface area contributed by atoms with Crippen molar-refractivity contribution in [3.8, 4) is 0 Å². The third-order valence-corrected chi connectivity index (χ3v) is 3.67. The Kier molecular flexibility index (Phi) is 6.79. The lowest BCUT2D eigenvalue weighted by molar-refractivity contribution is 0.206. The van der Waals surface area contributed by atoms with E-state index in [4.69, 9.17) is 0 Å². The molecule has 0 spiro atoms. The zero-order chi connectivity index (χ0) is 11.9. The van der Waals surface area contributed by atoms with Gasteiger partial charge in [0.15, 0.2) is 0 Å². The van der Waals surface area contributed by atoms with Crippen molar-refractivity contribution in [1.82, 2.24) is 5.32 Å². The van der Waals surface area contributed by atoms with Crippen molar-refractivity contribution in [3.05, 3.63) is 12.3 Å². The van der Waals surface area contributed by atoms with Crippen molar-refractivity contribution in [2.24, 2.45) is 11.3 Å². The summed E-state index contributed by atoms with van der Waals surface area (Å²) < 4.78 is 0. The number of nitrogens with one attached hydrogen (secondary N) is 1. The molecule has 1 atom stereocenters. The quantitative estimate of drug-likeness (QED) is 0.478. The van der Waals surface area contributed by atoms with E-state index in [1.54, 1.807) is 0 Å². The molecule has 0 aliphatic heterocycles. The highest BCUT2D eigenvalue weighted by Crippen LogP contribution is 2.35. The second kappa shape index (κ2) is 6.97. The fourth-order valence-corrected chi connectivity index (χ4v) is 2.09. The second-order valence-electron chi connectivity index (χ2n) is 5.30. The molecule has 0 bridgehead atoms. The zero-order valence-electron chi connectivity index (χ0n) is 11.3. The molecule has 0 aliphatic carbocycles. The summed E-state index contributed by atoms with van der Waals surface area (Å²) in [5, 5.41) is 3.30. The van der Waals surface area contributed by atoms with E-state index in [0.29, 0.717) is 5.41 Å². The predicted octanol–water partition coefficient (Wildman–Crippen LogP) is 2.99. The van der Waals surface area contributed by atoms with Crippen LogP contribution < -0.4 is 5.32 Å². The molecule has 2 heteroatoms. The third-order valence-electron chi connectivity index (χ3n) is 3.67. The SMILES string of the molecule is BCC(CCCNC(=C)C)C(C)(C)CC. The van der Waals surface area contributed by atoms with Crippen LogP contribution >= 0.6 is 0 Å².